The van der Waals surface area contributed by atoms with Crippen molar-refractivity contribution in [2.45, 2.75) is 19.3 Å². The van der Waals surface area contributed by atoms with Crippen LogP contribution in [0.4, 0.5) is 17.3 Å². The molecule has 0 bridgehead atoms. The van der Waals surface area contributed by atoms with Crippen molar-refractivity contribution in [2.24, 2.45) is 0 Å². The van der Waals surface area contributed by atoms with E-state index in [0.717, 1.165) is 0 Å². The molecule has 0 saturated carbocycles. The summed E-state index contributed by atoms with van der Waals surface area (Å²) in [5, 5.41) is 11.0. The Bertz CT molecular complexity index is 961. The number of halogens is 4. The lowest BCUT2D eigenvalue weighted by atomic mass is 9.81. The predicted octanol–water partition coefficient (Wildman–Crippen LogP) is 5.24. The van der Waals surface area contributed by atoms with Gasteiger partial charge in [-0.2, -0.15) is 0 Å². The van der Waals surface area contributed by atoms with Gasteiger partial charge in [0, 0.05) is 5.41 Å². The van der Waals surface area contributed by atoms with Gasteiger partial charge in [0.1, 0.15) is 0 Å². The van der Waals surface area contributed by atoms with Gasteiger partial charge in [0.15, 0.2) is 0 Å². The van der Waals surface area contributed by atoms with E-state index in [0.29, 0.717) is 0 Å². The highest BCUT2D eigenvalue weighted by molar-refractivity contribution is 6.50. The standard InChI is InChI=1S/C21H18.BF4.N2/c1-21(2)19-11-7-6-10-17(19)18-13-12-16(14-20(18)21)15-8-4-3-5-9-15;2-1(3,4)5;1-2/h3-14H,1-2H3;;/q;-1;/p+1. The van der Waals surface area contributed by atoms with Gasteiger partial charge in [0.2, 0.25) is 5.39 Å². The molecule has 0 aliphatic heterocycles. The van der Waals surface area contributed by atoms with Crippen LogP contribution in [-0.4, -0.2) is 7.25 Å². The molecule has 7 heteroatoms. The van der Waals surface area contributed by atoms with Gasteiger partial charge in [-0.05, 0) is 39.4 Å². The van der Waals surface area contributed by atoms with E-state index in [1.54, 1.807) is 0 Å². The number of nitrogens with one attached hydrogen (secondary N) is 1. The summed E-state index contributed by atoms with van der Waals surface area (Å²) in [4.78, 5) is 0. The van der Waals surface area contributed by atoms with Crippen LogP contribution in [0.2, 0.25) is 0 Å². The minimum atomic E-state index is -6.00. The van der Waals surface area contributed by atoms with Gasteiger partial charge >= 0.3 is 7.25 Å². The van der Waals surface area contributed by atoms with Crippen LogP contribution in [0.3, 0.4) is 0 Å². The Morgan fingerprint density at radius 2 is 1.18 bits per heavy atom. The summed E-state index contributed by atoms with van der Waals surface area (Å²) in [5.41, 5.74) is 8.31. The molecule has 4 rings (SSSR count). The Hall–Kier alpha value is -3.14. The summed E-state index contributed by atoms with van der Waals surface area (Å²) in [7, 11) is -6.00. The third-order valence-electron chi connectivity index (χ3n) is 4.69. The maximum absolute atomic E-state index is 9.75. The predicted molar refractivity (Wildman–Crippen MR) is 102 cm³/mol. The maximum atomic E-state index is 9.75. The number of benzene rings is 3. The lowest BCUT2D eigenvalue weighted by molar-refractivity contribution is -0.175. The van der Waals surface area contributed by atoms with E-state index in [9.17, 15) is 17.3 Å². The quantitative estimate of drug-likeness (QED) is 0.347. The van der Waals surface area contributed by atoms with E-state index >= 15 is 0 Å². The Balaban J connectivity index is 0.000000352. The highest BCUT2D eigenvalue weighted by Crippen LogP contribution is 2.49. The third kappa shape index (κ3) is 4.58. The second-order valence-corrected chi connectivity index (χ2v) is 6.79. The molecule has 0 atom stereocenters. The van der Waals surface area contributed by atoms with Crippen molar-refractivity contribution >= 4 is 7.25 Å². The summed E-state index contributed by atoms with van der Waals surface area (Å²) >= 11 is 0. The molecule has 0 amide bonds. The lowest BCUT2D eigenvalue weighted by Gasteiger charge is -2.22. The second kappa shape index (κ2) is 8.26. The Morgan fingerprint density at radius 3 is 1.79 bits per heavy atom. The highest BCUT2D eigenvalue weighted by atomic mass is 19.5. The van der Waals surface area contributed by atoms with Gasteiger partial charge in [0.25, 0.3) is 0 Å². The lowest BCUT2D eigenvalue weighted by Crippen LogP contribution is -2.14. The Kier molecular flexibility index (Phi) is 6.24. The van der Waals surface area contributed by atoms with E-state index in [2.05, 4.69) is 86.6 Å². The number of nitrogens with zero attached hydrogens (tertiary/aromatic N) is 1. The van der Waals surface area contributed by atoms with Gasteiger partial charge in [0.05, 0.1) is 5.39 Å². The molecule has 1 aliphatic rings. The first-order valence-electron chi connectivity index (χ1n) is 8.57. The van der Waals surface area contributed by atoms with Gasteiger partial charge < -0.3 is 17.3 Å². The van der Waals surface area contributed by atoms with Crippen LogP contribution in [0, 0.1) is 5.39 Å². The van der Waals surface area contributed by atoms with E-state index in [4.69, 9.17) is 10.8 Å². The number of fused-ring (bicyclic) bond motifs is 3. The normalized spacial score (nSPS) is 13.1. The molecule has 0 unspecified atom stereocenters. The topological polar surface area (TPSA) is 47.6 Å². The fourth-order valence-corrected chi connectivity index (χ4v) is 3.51. The average molecular weight is 386 g/mol. The molecule has 0 spiro atoms. The van der Waals surface area contributed by atoms with Crippen LogP contribution in [0.25, 0.3) is 22.3 Å². The summed E-state index contributed by atoms with van der Waals surface area (Å²) in [6.07, 6.45) is 0. The minimum absolute atomic E-state index is 0.0801. The number of hydrogen-bond acceptors (Lipinski definition) is 1. The van der Waals surface area contributed by atoms with Crippen LogP contribution in [0.1, 0.15) is 25.0 Å². The van der Waals surface area contributed by atoms with Crippen molar-refractivity contribution in [2.75, 3.05) is 0 Å². The number of rotatable bonds is 1. The Labute approximate surface area is 161 Å². The van der Waals surface area contributed by atoms with Crippen molar-refractivity contribution in [3.8, 4) is 22.3 Å². The number of hydrogen-bond donors (Lipinski definition) is 1. The first kappa shape index (κ1) is 21.2. The molecule has 1 N–H and O–H groups in total. The molecule has 2 nitrogen and oxygen atoms in total. The average Bonchev–Trinajstić information content (AvgIpc) is 2.90. The van der Waals surface area contributed by atoms with E-state index in [-0.39, 0.29) is 5.41 Å². The SMILES string of the molecule is CC1(C)c2ccccc2-c2ccc(-c3ccccc3)cc21.F[B-](F)(F)F.N#[NH+]. The van der Waals surface area contributed by atoms with Crippen molar-refractivity contribution in [1.29, 1.82) is 5.39 Å². The molecule has 3 aromatic rings. The molecule has 1 aliphatic carbocycles. The summed E-state index contributed by atoms with van der Waals surface area (Å²) in [6.45, 7) is 4.65. The van der Waals surface area contributed by atoms with Crippen LogP contribution in [0.5, 0.6) is 0 Å². The zero-order valence-corrected chi connectivity index (χ0v) is 15.5. The summed E-state index contributed by atoms with van der Waals surface area (Å²) in [6, 6.07) is 26.3. The van der Waals surface area contributed by atoms with Crippen LogP contribution in [0.15, 0.2) is 72.8 Å². The Morgan fingerprint density at radius 1 is 0.679 bits per heavy atom. The molecule has 3 aromatic carbocycles. The van der Waals surface area contributed by atoms with Crippen LogP contribution < -0.4 is 5.39 Å². The van der Waals surface area contributed by atoms with E-state index < -0.39 is 7.25 Å². The zero-order valence-electron chi connectivity index (χ0n) is 15.5. The van der Waals surface area contributed by atoms with Gasteiger partial charge in [-0.3, -0.25) is 0 Å². The largest absolute Gasteiger partial charge is 0.673 e. The monoisotopic (exact) mass is 386 g/mol. The smallest absolute Gasteiger partial charge is 0.418 e. The first-order valence-corrected chi connectivity index (χ1v) is 8.57. The molecule has 0 saturated heterocycles. The summed E-state index contributed by atoms with van der Waals surface area (Å²) in [5.74, 6) is 0. The molecule has 144 valence electrons. The molecular weight excluding hydrogens is 367 g/mol. The van der Waals surface area contributed by atoms with Crippen molar-refractivity contribution in [1.82, 2.24) is 0 Å². The molecule has 0 heterocycles. The van der Waals surface area contributed by atoms with Crippen LogP contribution >= 0.6 is 0 Å². The van der Waals surface area contributed by atoms with Crippen molar-refractivity contribution < 1.29 is 22.7 Å². The highest BCUT2D eigenvalue weighted by Gasteiger charge is 2.35. The van der Waals surface area contributed by atoms with Gasteiger partial charge in [-0.1, -0.05) is 80.6 Å². The second-order valence-electron chi connectivity index (χ2n) is 6.79. The number of diazo groups is 1. The molecule has 28 heavy (non-hydrogen) atoms. The zero-order chi connectivity index (χ0) is 20.9. The van der Waals surface area contributed by atoms with E-state index in [1.807, 2.05) is 0 Å². The third-order valence-corrected chi connectivity index (χ3v) is 4.69. The molecule has 0 fully saturated rings. The maximum Gasteiger partial charge on any atom is 0.673 e. The van der Waals surface area contributed by atoms with Gasteiger partial charge in [-0.25, -0.2) is 0 Å². The molecular formula is C21H19BF4N2. The van der Waals surface area contributed by atoms with Gasteiger partial charge in [-0.15, -0.1) is 0 Å². The first-order chi connectivity index (χ1) is 13.2. The fraction of sp³-hybridized carbons (Fsp3) is 0.143. The fourth-order valence-electron chi connectivity index (χ4n) is 3.51. The molecule has 0 radical (unpaired) electrons. The van der Waals surface area contributed by atoms with Crippen LogP contribution in [-0.2, 0) is 5.41 Å². The van der Waals surface area contributed by atoms with Crippen molar-refractivity contribution in [3.05, 3.63) is 83.9 Å². The summed E-state index contributed by atoms with van der Waals surface area (Å²) < 4.78 is 39.0. The van der Waals surface area contributed by atoms with E-state index in [1.165, 1.54) is 33.4 Å². The minimum Gasteiger partial charge on any atom is -0.418 e. The van der Waals surface area contributed by atoms with Crippen molar-refractivity contribution in [3.63, 3.8) is 0 Å². The molecule has 0 aromatic heterocycles.